The van der Waals surface area contributed by atoms with Crippen molar-refractivity contribution >= 4 is 19.8 Å². The number of rotatable bonds is 29. The minimum Gasteiger partial charge on any atom is -0.462 e. The van der Waals surface area contributed by atoms with Crippen LogP contribution in [0.5, 0.6) is 0 Å². The van der Waals surface area contributed by atoms with Crippen molar-refractivity contribution in [2.75, 3.05) is 13.2 Å². The van der Waals surface area contributed by atoms with Gasteiger partial charge in [-0.15, -0.1) is 0 Å². The average Bonchev–Trinajstić information content (AvgIpc) is 3.77. The van der Waals surface area contributed by atoms with E-state index in [-0.39, 0.29) is 19.4 Å². The number of epoxide rings is 1. The third-order valence-corrected chi connectivity index (χ3v) is 7.88. The molecule has 1 rings (SSSR count). The zero-order valence-electron chi connectivity index (χ0n) is 29.0. The molecular formula is C37H61O9P. The van der Waals surface area contributed by atoms with E-state index in [2.05, 4.69) is 73.9 Å². The Kier molecular flexibility index (Phi) is 25.1. The highest BCUT2D eigenvalue weighted by Crippen LogP contribution is 2.36. The summed E-state index contributed by atoms with van der Waals surface area (Å²) in [7, 11) is -4.77. The molecule has 1 heterocycles. The van der Waals surface area contributed by atoms with Gasteiger partial charge in [0.05, 0.1) is 18.8 Å². The van der Waals surface area contributed by atoms with E-state index in [1.165, 1.54) is 19.3 Å². The minimum absolute atomic E-state index is 0.136. The van der Waals surface area contributed by atoms with Crippen molar-refractivity contribution in [3.8, 4) is 0 Å². The van der Waals surface area contributed by atoms with Crippen LogP contribution in [0.4, 0.5) is 0 Å². The standard InChI is InChI=1S/C37H61O9P/c1-4-5-20-26-34-35(46-34)27-22-17-12-10-8-6-7-9-11-13-18-23-28-36(38)43-30-33(31-44-47(40,41)42)45-37(39)29-24-19-15-14-16-21-25-32(2)3/h5,7-10,13,17-18,20,22,32-35H,4,6,11-12,14-16,19,21,23-31H2,1-3H3,(H2,40,41,42)/b9-7-,10-8-,18-13-,20-5-,22-17-/t33-,34?,35?/m1/s1. The number of allylic oxidation sites excluding steroid dienone is 8. The van der Waals surface area contributed by atoms with Crippen LogP contribution in [0.3, 0.4) is 0 Å². The molecule has 1 saturated heterocycles. The van der Waals surface area contributed by atoms with Crippen LogP contribution in [0.2, 0.25) is 0 Å². The molecule has 0 aromatic rings. The first-order valence-corrected chi connectivity index (χ1v) is 19.1. The van der Waals surface area contributed by atoms with E-state index in [4.69, 9.17) is 24.0 Å². The number of hydrogen-bond acceptors (Lipinski definition) is 7. The molecule has 268 valence electrons. The van der Waals surface area contributed by atoms with Gasteiger partial charge in [0.25, 0.3) is 0 Å². The second-order valence-corrected chi connectivity index (χ2v) is 13.6. The summed E-state index contributed by atoms with van der Waals surface area (Å²) in [6.07, 6.45) is 34.6. The molecule has 2 unspecified atom stereocenters. The fourth-order valence-electron chi connectivity index (χ4n) is 4.68. The molecule has 47 heavy (non-hydrogen) atoms. The van der Waals surface area contributed by atoms with E-state index in [1.54, 1.807) is 0 Å². The van der Waals surface area contributed by atoms with Gasteiger partial charge in [-0.2, -0.15) is 0 Å². The number of carbonyl (C=O) groups excluding carboxylic acids is 2. The van der Waals surface area contributed by atoms with Gasteiger partial charge < -0.3 is 24.0 Å². The molecule has 0 radical (unpaired) electrons. The fourth-order valence-corrected chi connectivity index (χ4v) is 5.04. The predicted octanol–water partition coefficient (Wildman–Crippen LogP) is 9.02. The molecule has 9 nitrogen and oxygen atoms in total. The molecule has 1 aliphatic heterocycles. The second-order valence-electron chi connectivity index (χ2n) is 12.3. The molecule has 0 spiro atoms. The molecular weight excluding hydrogens is 619 g/mol. The zero-order valence-corrected chi connectivity index (χ0v) is 29.9. The molecule has 1 aliphatic rings. The smallest absolute Gasteiger partial charge is 0.462 e. The molecule has 1 fully saturated rings. The first-order valence-electron chi connectivity index (χ1n) is 17.6. The van der Waals surface area contributed by atoms with Gasteiger partial charge in [-0.05, 0) is 57.3 Å². The van der Waals surface area contributed by atoms with E-state index in [9.17, 15) is 14.2 Å². The third-order valence-electron chi connectivity index (χ3n) is 7.39. The maximum Gasteiger partial charge on any atom is 0.469 e. The number of ether oxygens (including phenoxy) is 3. The Labute approximate surface area is 283 Å². The number of esters is 2. The monoisotopic (exact) mass is 680 g/mol. The largest absolute Gasteiger partial charge is 0.469 e. The van der Waals surface area contributed by atoms with Gasteiger partial charge in [0.2, 0.25) is 0 Å². The number of unbranched alkanes of at least 4 members (excludes halogenated alkanes) is 5. The number of carbonyl (C=O) groups is 2. The van der Waals surface area contributed by atoms with Crippen LogP contribution >= 0.6 is 7.82 Å². The molecule has 0 aromatic carbocycles. The summed E-state index contributed by atoms with van der Waals surface area (Å²) < 4.78 is 31.8. The second kappa shape index (κ2) is 27.6. The Bertz CT molecular complexity index is 1020. The van der Waals surface area contributed by atoms with E-state index in [1.807, 2.05) is 12.2 Å². The molecule has 10 heteroatoms. The van der Waals surface area contributed by atoms with Crippen molar-refractivity contribution in [1.29, 1.82) is 0 Å². The Balaban J connectivity index is 2.16. The maximum absolute atomic E-state index is 12.3. The quantitative estimate of drug-likeness (QED) is 0.0261. The Hall–Kier alpha value is -2.29. The van der Waals surface area contributed by atoms with Gasteiger partial charge in [-0.3, -0.25) is 14.1 Å². The molecule has 0 saturated carbocycles. The molecule has 3 atom stereocenters. The Morgan fingerprint density at radius 1 is 0.723 bits per heavy atom. The van der Waals surface area contributed by atoms with Crippen LogP contribution < -0.4 is 0 Å². The van der Waals surface area contributed by atoms with Crippen LogP contribution in [0.25, 0.3) is 0 Å². The number of hydrogen-bond donors (Lipinski definition) is 2. The summed E-state index contributed by atoms with van der Waals surface area (Å²) in [5, 5.41) is 0. The van der Waals surface area contributed by atoms with E-state index < -0.39 is 32.5 Å². The molecule has 0 bridgehead atoms. The first kappa shape index (κ1) is 42.7. The summed E-state index contributed by atoms with van der Waals surface area (Å²) in [5.41, 5.74) is 0. The van der Waals surface area contributed by atoms with E-state index in [0.29, 0.717) is 25.0 Å². The van der Waals surface area contributed by atoms with Gasteiger partial charge in [0, 0.05) is 12.8 Å². The fraction of sp³-hybridized carbons (Fsp3) is 0.676. The lowest BCUT2D eigenvalue weighted by molar-refractivity contribution is -0.161. The maximum atomic E-state index is 12.3. The van der Waals surface area contributed by atoms with Gasteiger partial charge in [0.15, 0.2) is 6.10 Å². The van der Waals surface area contributed by atoms with Gasteiger partial charge in [-0.25, -0.2) is 4.57 Å². The lowest BCUT2D eigenvalue weighted by atomic mass is 10.0. The molecule has 0 aromatic heterocycles. The topological polar surface area (TPSA) is 132 Å². The zero-order chi connectivity index (χ0) is 34.6. The highest BCUT2D eigenvalue weighted by Gasteiger charge is 2.35. The van der Waals surface area contributed by atoms with Crippen LogP contribution in [0, 0.1) is 5.92 Å². The molecule has 0 amide bonds. The predicted molar refractivity (Wildman–Crippen MR) is 188 cm³/mol. The third kappa shape index (κ3) is 28.4. The van der Waals surface area contributed by atoms with Gasteiger partial charge >= 0.3 is 19.8 Å². The first-order chi connectivity index (χ1) is 22.6. The Morgan fingerprint density at radius 2 is 1.28 bits per heavy atom. The SMILES string of the molecule is CC/C=C\CC1OC1C/C=C\C/C=C\C/C=C\C/C=C\CCC(=O)OC[C@H](COP(=O)(O)O)OC(=O)CCCCCCCCC(C)C. The van der Waals surface area contributed by atoms with Crippen LogP contribution in [0.1, 0.15) is 124 Å². The average molecular weight is 681 g/mol. The highest BCUT2D eigenvalue weighted by atomic mass is 31.2. The van der Waals surface area contributed by atoms with E-state index in [0.717, 1.165) is 63.7 Å². The molecule has 2 N–H and O–H groups in total. The van der Waals surface area contributed by atoms with E-state index >= 15 is 0 Å². The van der Waals surface area contributed by atoms with Crippen molar-refractivity contribution in [2.45, 2.75) is 142 Å². The molecule has 0 aliphatic carbocycles. The van der Waals surface area contributed by atoms with Gasteiger partial charge in [-0.1, -0.05) is 120 Å². The van der Waals surface area contributed by atoms with Crippen molar-refractivity contribution in [2.24, 2.45) is 5.92 Å². The van der Waals surface area contributed by atoms with Crippen molar-refractivity contribution in [3.63, 3.8) is 0 Å². The summed E-state index contributed by atoms with van der Waals surface area (Å²) in [6.45, 7) is 5.68. The summed E-state index contributed by atoms with van der Waals surface area (Å²) in [6, 6.07) is 0. The number of phosphoric acid groups is 1. The van der Waals surface area contributed by atoms with Crippen molar-refractivity contribution < 1.29 is 42.7 Å². The highest BCUT2D eigenvalue weighted by molar-refractivity contribution is 7.46. The van der Waals surface area contributed by atoms with Crippen molar-refractivity contribution in [3.05, 3.63) is 60.8 Å². The van der Waals surface area contributed by atoms with Crippen LogP contribution in [-0.2, 0) is 32.9 Å². The summed E-state index contributed by atoms with van der Waals surface area (Å²) in [5.74, 6) is -0.280. The number of phosphoric ester groups is 1. The summed E-state index contributed by atoms with van der Waals surface area (Å²) >= 11 is 0. The van der Waals surface area contributed by atoms with Crippen LogP contribution in [0.15, 0.2) is 60.8 Å². The lowest BCUT2D eigenvalue weighted by Crippen LogP contribution is -2.29. The lowest BCUT2D eigenvalue weighted by Gasteiger charge is -2.18. The van der Waals surface area contributed by atoms with Gasteiger partial charge in [0.1, 0.15) is 6.61 Å². The van der Waals surface area contributed by atoms with Crippen molar-refractivity contribution in [1.82, 2.24) is 0 Å². The van der Waals surface area contributed by atoms with Crippen LogP contribution in [-0.4, -0.2) is 53.3 Å². The Morgan fingerprint density at radius 3 is 1.87 bits per heavy atom. The minimum atomic E-state index is -4.77. The normalized spacial score (nSPS) is 17.7. The summed E-state index contributed by atoms with van der Waals surface area (Å²) in [4.78, 5) is 42.5.